The normalized spacial score (nSPS) is 20.5. The Morgan fingerprint density at radius 2 is 1.93 bits per heavy atom. The van der Waals surface area contributed by atoms with Gasteiger partial charge in [0.1, 0.15) is 0 Å². The van der Waals surface area contributed by atoms with Gasteiger partial charge in [-0.1, -0.05) is 45.4 Å². The van der Waals surface area contributed by atoms with Crippen molar-refractivity contribution in [3.8, 4) is 6.07 Å². The van der Waals surface area contributed by atoms with E-state index in [0.29, 0.717) is 6.04 Å². The zero-order valence-electron chi connectivity index (χ0n) is 9.97. The molecule has 0 heterocycles. The molecule has 1 aliphatic carbocycles. The van der Waals surface area contributed by atoms with Crippen LogP contribution in [0.1, 0.15) is 64.7 Å². The Bertz CT molecular complexity index is 187. The molecule has 2 heteroatoms. The zero-order chi connectivity index (χ0) is 10.9. The Balaban J connectivity index is 2.26. The van der Waals surface area contributed by atoms with Crippen molar-refractivity contribution in [3.63, 3.8) is 0 Å². The fourth-order valence-electron chi connectivity index (χ4n) is 2.32. The van der Waals surface area contributed by atoms with E-state index in [-0.39, 0.29) is 6.04 Å². The quantitative estimate of drug-likeness (QED) is 0.703. The van der Waals surface area contributed by atoms with Crippen molar-refractivity contribution < 1.29 is 0 Å². The van der Waals surface area contributed by atoms with Gasteiger partial charge in [-0.2, -0.15) is 5.26 Å². The molecule has 1 aliphatic rings. The van der Waals surface area contributed by atoms with Crippen molar-refractivity contribution in [2.24, 2.45) is 0 Å². The Morgan fingerprint density at radius 3 is 2.47 bits per heavy atom. The zero-order valence-corrected chi connectivity index (χ0v) is 9.97. The number of hydrogen-bond donors (Lipinski definition) is 1. The molecule has 0 aromatic heterocycles. The number of nitrogens with one attached hydrogen (secondary N) is 1. The monoisotopic (exact) mass is 208 g/mol. The maximum absolute atomic E-state index is 9.04. The fourth-order valence-corrected chi connectivity index (χ4v) is 2.32. The highest BCUT2D eigenvalue weighted by Crippen LogP contribution is 2.18. The highest BCUT2D eigenvalue weighted by Gasteiger charge is 2.15. The van der Waals surface area contributed by atoms with Crippen LogP contribution in [0.5, 0.6) is 0 Å². The summed E-state index contributed by atoms with van der Waals surface area (Å²) < 4.78 is 0. The molecule has 0 bridgehead atoms. The summed E-state index contributed by atoms with van der Waals surface area (Å²) in [4.78, 5) is 0. The molecule has 0 radical (unpaired) electrons. The summed E-state index contributed by atoms with van der Waals surface area (Å²) in [5.41, 5.74) is 0. The second-order valence-electron chi connectivity index (χ2n) is 4.68. The Kier molecular flexibility index (Phi) is 6.43. The molecule has 0 aromatic rings. The van der Waals surface area contributed by atoms with Crippen molar-refractivity contribution in [1.82, 2.24) is 5.32 Å². The molecular formula is C13H24N2. The van der Waals surface area contributed by atoms with Gasteiger partial charge in [0, 0.05) is 6.04 Å². The van der Waals surface area contributed by atoms with E-state index in [4.69, 9.17) is 5.26 Å². The molecule has 0 aromatic carbocycles. The van der Waals surface area contributed by atoms with Gasteiger partial charge in [0.2, 0.25) is 0 Å². The van der Waals surface area contributed by atoms with E-state index in [2.05, 4.69) is 18.3 Å². The van der Waals surface area contributed by atoms with Crippen molar-refractivity contribution in [2.45, 2.75) is 76.8 Å². The SMILES string of the molecule is CCCCC(C#N)NC1CCCCCC1. The van der Waals surface area contributed by atoms with Gasteiger partial charge in [0.15, 0.2) is 0 Å². The molecule has 86 valence electrons. The molecule has 0 spiro atoms. The first-order valence-corrected chi connectivity index (χ1v) is 6.52. The van der Waals surface area contributed by atoms with Gasteiger partial charge in [0.05, 0.1) is 12.1 Å². The lowest BCUT2D eigenvalue weighted by molar-refractivity contribution is 0.413. The average Bonchev–Trinajstić information content (AvgIpc) is 2.52. The molecule has 1 rings (SSSR count). The second-order valence-corrected chi connectivity index (χ2v) is 4.68. The summed E-state index contributed by atoms with van der Waals surface area (Å²) in [7, 11) is 0. The van der Waals surface area contributed by atoms with E-state index in [1.807, 2.05) is 0 Å². The minimum Gasteiger partial charge on any atom is -0.299 e. The van der Waals surface area contributed by atoms with Crippen LogP contribution in [0.4, 0.5) is 0 Å². The first kappa shape index (κ1) is 12.5. The van der Waals surface area contributed by atoms with Crippen LogP contribution in [0.2, 0.25) is 0 Å². The maximum atomic E-state index is 9.04. The average molecular weight is 208 g/mol. The molecule has 2 nitrogen and oxygen atoms in total. The second kappa shape index (κ2) is 7.70. The molecule has 0 aliphatic heterocycles. The Hall–Kier alpha value is -0.550. The lowest BCUT2D eigenvalue weighted by Gasteiger charge is -2.20. The molecule has 0 amide bonds. The van der Waals surface area contributed by atoms with Gasteiger partial charge in [-0.3, -0.25) is 5.32 Å². The lowest BCUT2D eigenvalue weighted by atomic mass is 10.1. The van der Waals surface area contributed by atoms with Crippen LogP contribution in [-0.4, -0.2) is 12.1 Å². The third-order valence-corrected chi connectivity index (χ3v) is 3.29. The Labute approximate surface area is 94.1 Å². The van der Waals surface area contributed by atoms with Crippen LogP contribution in [-0.2, 0) is 0 Å². The molecule has 0 saturated heterocycles. The minimum atomic E-state index is 0.0908. The first-order chi connectivity index (χ1) is 7.36. The third-order valence-electron chi connectivity index (χ3n) is 3.29. The van der Waals surface area contributed by atoms with Crippen LogP contribution in [0.3, 0.4) is 0 Å². The van der Waals surface area contributed by atoms with Crippen molar-refractivity contribution in [2.75, 3.05) is 0 Å². The van der Waals surface area contributed by atoms with E-state index < -0.39 is 0 Å². The molecule has 1 unspecified atom stereocenters. The van der Waals surface area contributed by atoms with E-state index in [1.165, 1.54) is 44.9 Å². The number of rotatable bonds is 5. The predicted octanol–water partition coefficient (Wildman–Crippen LogP) is 3.38. The number of hydrogen-bond acceptors (Lipinski definition) is 2. The molecular weight excluding hydrogens is 184 g/mol. The minimum absolute atomic E-state index is 0.0908. The van der Waals surface area contributed by atoms with E-state index in [0.717, 1.165) is 12.8 Å². The highest BCUT2D eigenvalue weighted by atomic mass is 14.9. The molecule has 1 N–H and O–H groups in total. The van der Waals surface area contributed by atoms with Gasteiger partial charge in [-0.25, -0.2) is 0 Å². The third kappa shape index (κ3) is 5.18. The van der Waals surface area contributed by atoms with Gasteiger partial charge in [-0.05, 0) is 19.3 Å². The summed E-state index contributed by atoms with van der Waals surface area (Å²) in [5.74, 6) is 0. The van der Waals surface area contributed by atoms with E-state index in [9.17, 15) is 0 Å². The van der Waals surface area contributed by atoms with Crippen molar-refractivity contribution >= 4 is 0 Å². The standard InChI is InChI=1S/C13H24N2/c1-2-3-8-13(11-14)15-12-9-6-4-5-7-10-12/h12-13,15H,2-10H2,1H3. The Morgan fingerprint density at radius 1 is 1.27 bits per heavy atom. The van der Waals surface area contributed by atoms with Crippen molar-refractivity contribution in [1.29, 1.82) is 5.26 Å². The summed E-state index contributed by atoms with van der Waals surface area (Å²) in [6.45, 7) is 2.18. The summed E-state index contributed by atoms with van der Waals surface area (Å²) in [6.07, 6.45) is 11.3. The van der Waals surface area contributed by atoms with Crippen LogP contribution in [0.25, 0.3) is 0 Å². The van der Waals surface area contributed by atoms with Crippen LogP contribution < -0.4 is 5.32 Å². The fraction of sp³-hybridized carbons (Fsp3) is 0.923. The number of nitriles is 1. The summed E-state index contributed by atoms with van der Waals surface area (Å²) in [6, 6.07) is 3.09. The molecule has 15 heavy (non-hydrogen) atoms. The lowest BCUT2D eigenvalue weighted by Crippen LogP contribution is -2.37. The van der Waals surface area contributed by atoms with Gasteiger partial charge >= 0.3 is 0 Å². The number of unbranched alkanes of at least 4 members (excludes halogenated alkanes) is 1. The highest BCUT2D eigenvalue weighted by molar-refractivity contribution is 4.91. The largest absolute Gasteiger partial charge is 0.299 e. The van der Waals surface area contributed by atoms with E-state index in [1.54, 1.807) is 0 Å². The van der Waals surface area contributed by atoms with Crippen molar-refractivity contribution in [3.05, 3.63) is 0 Å². The van der Waals surface area contributed by atoms with E-state index >= 15 is 0 Å². The molecule has 1 saturated carbocycles. The number of nitrogens with zero attached hydrogens (tertiary/aromatic N) is 1. The summed E-state index contributed by atoms with van der Waals surface area (Å²) >= 11 is 0. The van der Waals surface area contributed by atoms with Crippen LogP contribution >= 0.6 is 0 Å². The van der Waals surface area contributed by atoms with Gasteiger partial charge in [-0.15, -0.1) is 0 Å². The smallest absolute Gasteiger partial charge is 0.0955 e. The molecule has 1 fully saturated rings. The maximum Gasteiger partial charge on any atom is 0.0955 e. The predicted molar refractivity (Wildman–Crippen MR) is 63.6 cm³/mol. The van der Waals surface area contributed by atoms with Gasteiger partial charge < -0.3 is 0 Å². The van der Waals surface area contributed by atoms with Crippen LogP contribution in [0, 0.1) is 11.3 Å². The topological polar surface area (TPSA) is 35.8 Å². The molecule has 1 atom stereocenters. The first-order valence-electron chi connectivity index (χ1n) is 6.52. The van der Waals surface area contributed by atoms with Gasteiger partial charge in [0.25, 0.3) is 0 Å². The van der Waals surface area contributed by atoms with Crippen LogP contribution in [0.15, 0.2) is 0 Å². The summed E-state index contributed by atoms with van der Waals surface area (Å²) in [5, 5.41) is 12.6.